The van der Waals surface area contributed by atoms with Crippen LogP contribution in [0.3, 0.4) is 0 Å². The molecule has 170 valence electrons. The van der Waals surface area contributed by atoms with Crippen LogP contribution in [0, 0.1) is 5.92 Å². The molecule has 0 radical (unpaired) electrons. The van der Waals surface area contributed by atoms with Gasteiger partial charge in [-0.1, -0.05) is 47.8 Å². The van der Waals surface area contributed by atoms with E-state index in [0.717, 1.165) is 53.2 Å². The van der Waals surface area contributed by atoms with Crippen LogP contribution in [0.2, 0.25) is 0 Å². The monoisotopic (exact) mass is 491 g/mol. The number of fused-ring (bicyclic) bond motifs is 1. The standard InChI is InChI=1S/C22H25N3O4S3/c1-32(28,29)23-20(26)14-25-21(27)19(31-22(25)30)12-15-6-8-18(9-7-15)24-11-10-16-4-2-3-5-17(16)13-24/h5-9,12,16H,2-4,10-11,13-14H2,1H3,(H,23,26). The number of carbonyl (C=O) groups excluding carboxylic acids is 2. The van der Waals surface area contributed by atoms with Gasteiger partial charge in [0.05, 0.1) is 11.2 Å². The molecule has 2 fully saturated rings. The fraction of sp³-hybridized carbons (Fsp3) is 0.409. The summed E-state index contributed by atoms with van der Waals surface area (Å²) in [6.45, 7) is 1.60. The number of thiocarbonyl (C=S) groups is 1. The van der Waals surface area contributed by atoms with Gasteiger partial charge < -0.3 is 4.90 Å². The minimum absolute atomic E-state index is 0.227. The van der Waals surface area contributed by atoms with Crippen LogP contribution in [0.25, 0.3) is 6.08 Å². The highest BCUT2D eigenvalue weighted by molar-refractivity contribution is 8.26. The van der Waals surface area contributed by atoms with Crippen LogP contribution in [0.1, 0.15) is 31.2 Å². The Balaban J connectivity index is 1.42. The highest BCUT2D eigenvalue weighted by Crippen LogP contribution is 2.35. The average molecular weight is 492 g/mol. The molecular formula is C22H25N3O4S3. The number of hydrogen-bond acceptors (Lipinski definition) is 7. The van der Waals surface area contributed by atoms with Gasteiger partial charge in [-0.25, -0.2) is 8.42 Å². The molecule has 2 heterocycles. The second kappa shape index (κ2) is 9.36. The van der Waals surface area contributed by atoms with Crippen molar-refractivity contribution in [2.45, 2.75) is 25.7 Å². The summed E-state index contributed by atoms with van der Waals surface area (Å²) in [6.07, 6.45) is 10.0. The largest absolute Gasteiger partial charge is 0.368 e. The molecule has 1 unspecified atom stereocenters. The molecule has 1 atom stereocenters. The number of carbonyl (C=O) groups is 2. The SMILES string of the molecule is CS(=O)(=O)NC(=O)CN1C(=O)C(=Cc2ccc(N3CCC4CCCC=C4C3)cc2)SC1=S. The summed E-state index contributed by atoms with van der Waals surface area (Å²) in [5, 5.41) is 0. The fourth-order valence-electron chi connectivity index (χ4n) is 4.31. The third kappa shape index (κ3) is 5.41. The molecule has 0 aromatic heterocycles. The lowest BCUT2D eigenvalue weighted by Crippen LogP contribution is -2.41. The molecule has 10 heteroatoms. The number of benzene rings is 1. The van der Waals surface area contributed by atoms with E-state index in [1.807, 2.05) is 16.9 Å². The summed E-state index contributed by atoms with van der Waals surface area (Å²) in [7, 11) is -3.69. The zero-order valence-corrected chi connectivity index (χ0v) is 20.2. The number of hydrogen-bond donors (Lipinski definition) is 1. The smallest absolute Gasteiger partial charge is 0.266 e. The Morgan fingerprint density at radius 2 is 2.03 bits per heavy atom. The van der Waals surface area contributed by atoms with Crippen molar-refractivity contribution in [3.05, 3.63) is 46.4 Å². The second-order valence-corrected chi connectivity index (χ2v) is 11.7. The first-order valence-electron chi connectivity index (χ1n) is 10.5. The summed E-state index contributed by atoms with van der Waals surface area (Å²) < 4.78 is 24.5. The Bertz CT molecular complexity index is 1110. The Kier molecular flexibility index (Phi) is 6.73. The molecule has 1 aromatic carbocycles. The van der Waals surface area contributed by atoms with Crippen LogP contribution in [-0.2, 0) is 19.6 Å². The number of thioether (sulfide) groups is 1. The third-order valence-corrected chi connectivity index (χ3v) is 7.82. The molecule has 0 bridgehead atoms. The van der Waals surface area contributed by atoms with E-state index in [-0.39, 0.29) is 4.32 Å². The highest BCUT2D eigenvalue weighted by Gasteiger charge is 2.34. The maximum atomic E-state index is 12.7. The molecule has 3 aliphatic rings. The minimum atomic E-state index is -3.69. The van der Waals surface area contributed by atoms with Gasteiger partial charge >= 0.3 is 0 Å². The lowest BCUT2D eigenvalue weighted by atomic mass is 9.82. The van der Waals surface area contributed by atoms with Gasteiger partial charge in [0.2, 0.25) is 10.0 Å². The van der Waals surface area contributed by atoms with Gasteiger partial charge in [0, 0.05) is 18.8 Å². The zero-order valence-electron chi connectivity index (χ0n) is 17.7. The molecule has 1 aromatic rings. The molecule has 2 aliphatic heterocycles. The third-order valence-electron chi connectivity index (χ3n) is 5.84. The maximum absolute atomic E-state index is 12.7. The predicted molar refractivity (Wildman–Crippen MR) is 132 cm³/mol. The number of anilines is 1. The average Bonchev–Trinajstić information content (AvgIpc) is 3.00. The van der Waals surface area contributed by atoms with Crippen molar-refractivity contribution in [3.63, 3.8) is 0 Å². The van der Waals surface area contributed by atoms with Gasteiger partial charge in [-0.2, -0.15) is 0 Å². The van der Waals surface area contributed by atoms with E-state index >= 15 is 0 Å². The van der Waals surface area contributed by atoms with E-state index < -0.39 is 28.4 Å². The summed E-state index contributed by atoms with van der Waals surface area (Å²) in [6, 6.07) is 8.07. The Morgan fingerprint density at radius 3 is 2.75 bits per heavy atom. The van der Waals surface area contributed by atoms with Crippen LogP contribution in [-0.4, -0.2) is 55.3 Å². The van der Waals surface area contributed by atoms with Crippen molar-refractivity contribution in [1.82, 2.24) is 9.62 Å². The molecule has 7 nitrogen and oxygen atoms in total. The lowest BCUT2D eigenvalue weighted by molar-refractivity contribution is -0.127. The summed E-state index contributed by atoms with van der Waals surface area (Å²) >= 11 is 6.31. The Hall–Kier alpha value is -2.17. The number of allylic oxidation sites excluding steroid dienone is 1. The summed E-state index contributed by atoms with van der Waals surface area (Å²) in [4.78, 5) is 28.5. The number of piperidine rings is 1. The first-order valence-corrected chi connectivity index (χ1v) is 13.6. The van der Waals surface area contributed by atoms with Gasteiger partial charge in [0.1, 0.15) is 10.9 Å². The van der Waals surface area contributed by atoms with Gasteiger partial charge in [0.15, 0.2) is 0 Å². The quantitative estimate of drug-likeness (QED) is 0.385. The molecule has 1 aliphatic carbocycles. The summed E-state index contributed by atoms with van der Waals surface area (Å²) in [5.74, 6) is -0.453. The number of rotatable bonds is 5. The van der Waals surface area contributed by atoms with Crippen molar-refractivity contribution in [1.29, 1.82) is 0 Å². The molecular weight excluding hydrogens is 466 g/mol. The molecule has 32 heavy (non-hydrogen) atoms. The van der Waals surface area contributed by atoms with Crippen molar-refractivity contribution in [2.75, 3.05) is 30.8 Å². The Morgan fingerprint density at radius 1 is 1.28 bits per heavy atom. The maximum Gasteiger partial charge on any atom is 0.266 e. The highest BCUT2D eigenvalue weighted by atomic mass is 32.2. The number of nitrogens with one attached hydrogen (secondary N) is 1. The molecule has 2 amide bonds. The van der Waals surface area contributed by atoms with Crippen molar-refractivity contribution >= 4 is 61.9 Å². The number of amides is 2. The van der Waals surface area contributed by atoms with Crippen LogP contribution in [0.5, 0.6) is 0 Å². The van der Waals surface area contributed by atoms with Crippen LogP contribution in [0.4, 0.5) is 5.69 Å². The van der Waals surface area contributed by atoms with Crippen LogP contribution in [0.15, 0.2) is 40.8 Å². The molecule has 0 saturated carbocycles. The fourth-order valence-corrected chi connectivity index (χ4v) is 6.04. The molecule has 1 N–H and O–H groups in total. The normalized spacial score (nSPS) is 22.7. The number of sulfonamides is 1. The van der Waals surface area contributed by atoms with E-state index in [0.29, 0.717) is 4.91 Å². The van der Waals surface area contributed by atoms with Gasteiger partial charge in [-0.05, 0) is 55.4 Å². The predicted octanol–water partition coefficient (Wildman–Crippen LogP) is 2.90. The van der Waals surface area contributed by atoms with Gasteiger partial charge in [-0.15, -0.1) is 0 Å². The van der Waals surface area contributed by atoms with Crippen molar-refractivity contribution in [3.8, 4) is 0 Å². The van der Waals surface area contributed by atoms with Crippen molar-refractivity contribution in [2.24, 2.45) is 5.92 Å². The van der Waals surface area contributed by atoms with E-state index in [1.54, 1.807) is 11.6 Å². The molecule has 4 rings (SSSR count). The number of nitrogens with zero attached hydrogens (tertiary/aromatic N) is 2. The zero-order chi connectivity index (χ0) is 22.9. The van der Waals surface area contributed by atoms with Crippen LogP contribution >= 0.6 is 24.0 Å². The van der Waals surface area contributed by atoms with E-state index in [4.69, 9.17) is 12.2 Å². The van der Waals surface area contributed by atoms with Gasteiger partial charge in [-0.3, -0.25) is 19.2 Å². The van der Waals surface area contributed by atoms with E-state index in [9.17, 15) is 18.0 Å². The van der Waals surface area contributed by atoms with E-state index in [2.05, 4.69) is 23.1 Å². The minimum Gasteiger partial charge on any atom is -0.368 e. The Labute approximate surface area is 198 Å². The summed E-state index contributed by atoms with van der Waals surface area (Å²) in [5.41, 5.74) is 3.59. The van der Waals surface area contributed by atoms with Gasteiger partial charge in [0.25, 0.3) is 11.8 Å². The topological polar surface area (TPSA) is 86.8 Å². The molecule has 0 spiro atoms. The van der Waals surface area contributed by atoms with E-state index in [1.165, 1.54) is 25.7 Å². The second-order valence-electron chi connectivity index (χ2n) is 8.27. The molecule has 2 saturated heterocycles. The van der Waals surface area contributed by atoms with Crippen LogP contribution < -0.4 is 9.62 Å². The van der Waals surface area contributed by atoms with Crippen molar-refractivity contribution < 1.29 is 18.0 Å². The first kappa shape index (κ1) is 23.0. The lowest BCUT2D eigenvalue weighted by Gasteiger charge is -2.37. The first-order chi connectivity index (χ1) is 15.2.